The van der Waals surface area contributed by atoms with Crippen LogP contribution in [-0.2, 0) is 9.84 Å². The molecule has 0 aliphatic carbocycles. The van der Waals surface area contributed by atoms with Gasteiger partial charge in [0.15, 0.2) is 9.84 Å². The van der Waals surface area contributed by atoms with E-state index in [1.807, 2.05) is 19.1 Å². The van der Waals surface area contributed by atoms with Gasteiger partial charge in [0, 0.05) is 16.0 Å². The van der Waals surface area contributed by atoms with Crippen molar-refractivity contribution in [1.29, 1.82) is 0 Å². The van der Waals surface area contributed by atoms with Gasteiger partial charge in [-0.1, -0.05) is 11.8 Å². The minimum absolute atomic E-state index is 0.319. The molecule has 0 aliphatic rings. The van der Waals surface area contributed by atoms with Gasteiger partial charge in [-0.15, -0.1) is 0 Å². The quantitative estimate of drug-likeness (QED) is 0.856. The van der Waals surface area contributed by atoms with Gasteiger partial charge in [0.2, 0.25) is 0 Å². The minimum atomic E-state index is -3.16. The summed E-state index contributed by atoms with van der Waals surface area (Å²) in [6.45, 7) is 2.46. The Balaban J connectivity index is 2.20. The molecule has 0 radical (unpaired) electrons. The van der Waals surface area contributed by atoms with Crippen LogP contribution >= 0.6 is 11.8 Å². The number of rotatable bonds is 5. The molecule has 4 nitrogen and oxygen atoms in total. The summed E-state index contributed by atoms with van der Waals surface area (Å²) in [6, 6.07) is 12.4. The third kappa shape index (κ3) is 4.15. The van der Waals surface area contributed by atoms with Crippen LogP contribution in [0.1, 0.15) is 6.92 Å². The molecule has 0 spiro atoms. The van der Waals surface area contributed by atoms with E-state index in [1.165, 1.54) is 18.0 Å². The molecule has 2 aromatic rings. The van der Waals surface area contributed by atoms with Crippen LogP contribution in [0.25, 0.3) is 0 Å². The van der Waals surface area contributed by atoms with Gasteiger partial charge in [-0.05, 0) is 49.4 Å². The van der Waals surface area contributed by atoms with E-state index in [4.69, 9.17) is 10.5 Å². The van der Waals surface area contributed by atoms with E-state index in [-0.39, 0.29) is 0 Å². The summed E-state index contributed by atoms with van der Waals surface area (Å²) in [5, 5.41) is 0. The summed E-state index contributed by atoms with van der Waals surface area (Å²) in [6.07, 6.45) is 1.20. The van der Waals surface area contributed by atoms with Gasteiger partial charge in [0.1, 0.15) is 5.75 Å². The SMILES string of the molecule is CCOc1cc(Sc2ccc(S(C)(=O)=O)cc2)ccc1N. The smallest absolute Gasteiger partial charge is 0.175 e. The summed E-state index contributed by atoms with van der Waals surface area (Å²) in [5.74, 6) is 0.662. The van der Waals surface area contributed by atoms with Crippen molar-refractivity contribution in [2.45, 2.75) is 21.6 Å². The van der Waals surface area contributed by atoms with E-state index in [2.05, 4.69) is 0 Å². The average Bonchev–Trinajstić information content (AvgIpc) is 2.42. The summed E-state index contributed by atoms with van der Waals surface area (Å²) in [4.78, 5) is 2.26. The Bertz CT molecular complexity index is 725. The Labute approximate surface area is 129 Å². The molecule has 0 saturated heterocycles. The van der Waals surface area contributed by atoms with Crippen LogP contribution < -0.4 is 10.5 Å². The molecule has 0 heterocycles. The zero-order valence-corrected chi connectivity index (χ0v) is 13.5. The first-order valence-electron chi connectivity index (χ1n) is 6.40. The van der Waals surface area contributed by atoms with Crippen molar-refractivity contribution < 1.29 is 13.2 Å². The van der Waals surface area contributed by atoms with Gasteiger partial charge in [0.25, 0.3) is 0 Å². The van der Waals surface area contributed by atoms with Crippen LogP contribution in [-0.4, -0.2) is 21.3 Å². The summed E-state index contributed by atoms with van der Waals surface area (Å²) in [7, 11) is -3.16. The number of anilines is 1. The minimum Gasteiger partial charge on any atom is -0.492 e. The predicted molar refractivity (Wildman–Crippen MR) is 85.7 cm³/mol. The normalized spacial score (nSPS) is 11.3. The lowest BCUT2D eigenvalue weighted by Crippen LogP contribution is -1.97. The van der Waals surface area contributed by atoms with Crippen molar-refractivity contribution >= 4 is 27.3 Å². The number of benzene rings is 2. The highest BCUT2D eigenvalue weighted by atomic mass is 32.2. The number of ether oxygens (including phenoxy) is 1. The molecule has 2 N–H and O–H groups in total. The fourth-order valence-corrected chi connectivity index (χ4v) is 3.23. The number of nitrogen functional groups attached to an aromatic ring is 1. The fraction of sp³-hybridized carbons (Fsp3) is 0.200. The number of nitrogens with two attached hydrogens (primary N) is 1. The van der Waals surface area contributed by atoms with E-state index in [0.717, 1.165) is 9.79 Å². The molecular formula is C15H17NO3S2. The summed E-state index contributed by atoms with van der Waals surface area (Å²) >= 11 is 1.53. The highest BCUT2D eigenvalue weighted by Gasteiger charge is 2.07. The van der Waals surface area contributed by atoms with E-state index >= 15 is 0 Å². The number of hydrogen-bond donors (Lipinski definition) is 1. The van der Waals surface area contributed by atoms with Gasteiger partial charge in [0.05, 0.1) is 17.2 Å². The first-order chi connectivity index (χ1) is 9.90. The Hall–Kier alpha value is -1.66. The van der Waals surface area contributed by atoms with Gasteiger partial charge in [-0.25, -0.2) is 8.42 Å². The van der Waals surface area contributed by atoms with Crippen LogP contribution in [0.4, 0.5) is 5.69 Å². The average molecular weight is 323 g/mol. The highest BCUT2D eigenvalue weighted by molar-refractivity contribution is 7.99. The molecule has 0 atom stereocenters. The standard InChI is InChI=1S/C15H17NO3S2/c1-3-19-15-10-12(6-9-14(15)16)20-11-4-7-13(8-5-11)21(2,17)18/h4-10H,3,16H2,1-2H3. The predicted octanol–water partition coefficient (Wildman–Crippen LogP) is 3.22. The van der Waals surface area contributed by atoms with Crippen molar-refractivity contribution in [3.63, 3.8) is 0 Å². The third-order valence-corrected chi connectivity index (χ3v) is 4.90. The van der Waals surface area contributed by atoms with Crippen LogP contribution in [0, 0.1) is 0 Å². The van der Waals surface area contributed by atoms with Gasteiger partial charge >= 0.3 is 0 Å². The second-order valence-corrected chi connectivity index (χ2v) is 7.64. The van der Waals surface area contributed by atoms with Crippen LogP contribution in [0.15, 0.2) is 57.2 Å². The van der Waals surface area contributed by atoms with Crippen molar-refractivity contribution in [1.82, 2.24) is 0 Å². The van der Waals surface area contributed by atoms with Crippen molar-refractivity contribution in [3.05, 3.63) is 42.5 Å². The van der Waals surface area contributed by atoms with Crippen molar-refractivity contribution in [3.8, 4) is 5.75 Å². The van der Waals surface area contributed by atoms with E-state index < -0.39 is 9.84 Å². The molecule has 0 amide bonds. The zero-order chi connectivity index (χ0) is 15.5. The zero-order valence-electron chi connectivity index (χ0n) is 11.9. The first-order valence-corrected chi connectivity index (χ1v) is 9.11. The molecule has 112 valence electrons. The van der Waals surface area contributed by atoms with Crippen molar-refractivity contribution in [2.75, 3.05) is 18.6 Å². The molecule has 0 bridgehead atoms. The Morgan fingerprint density at radius 3 is 2.29 bits per heavy atom. The number of hydrogen-bond acceptors (Lipinski definition) is 5. The second-order valence-electron chi connectivity index (χ2n) is 4.48. The first kappa shape index (κ1) is 15.7. The maximum absolute atomic E-state index is 11.4. The fourth-order valence-electron chi connectivity index (χ4n) is 1.75. The molecule has 21 heavy (non-hydrogen) atoms. The molecule has 0 unspecified atom stereocenters. The highest BCUT2D eigenvalue weighted by Crippen LogP contribution is 2.33. The Kier molecular flexibility index (Phi) is 4.80. The number of sulfone groups is 1. The molecule has 2 aromatic carbocycles. The van der Waals surface area contributed by atoms with Crippen LogP contribution in [0.3, 0.4) is 0 Å². The lowest BCUT2D eigenvalue weighted by Gasteiger charge is -2.09. The monoisotopic (exact) mass is 323 g/mol. The van der Waals surface area contributed by atoms with Crippen LogP contribution in [0.2, 0.25) is 0 Å². The third-order valence-electron chi connectivity index (χ3n) is 2.77. The largest absolute Gasteiger partial charge is 0.492 e. The molecule has 2 rings (SSSR count). The molecule has 0 saturated carbocycles. The van der Waals surface area contributed by atoms with Crippen LogP contribution in [0.5, 0.6) is 5.75 Å². The molecule has 0 aromatic heterocycles. The van der Waals surface area contributed by atoms with E-state index in [9.17, 15) is 8.42 Å². The Morgan fingerprint density at radius 2 is 1.71 bits per heavy atom. The second kappa shape index (κ2) is 6.41. The topological polar surface area (TPSA) is 69.4 Å². The summed E-state index contributed by atoms with van der Waals surface area (Å²) in [5.41, 5.74) is 6.44. The lowest BCUT2D eigenvalue weighted by atomic mass is 10.3. The molecule has 6 heteroatoms. The van der Waals surface area contributed by atoms with Gasteiger partial charge in [-0.2, -0.15) is 0 Å². The maximum atomic E-state index is 11.4. The van der Waals surface area contributed by atoms with Gasteiger partial charge < -0.3 is 10.5 Å². The lowest BCUT2D eigenvalue weighted by molar-refractivity contribution is 0.341. The molecular weight excluding hydrogens is 306 g/mol. The summed E-state index contributed by atoms with van der Waals surface area (Å²) < 4.78 is 28.3. The van der Waals surface area contributed by atoms with Crippen molar-refractivity contribution in [2.24, 2.45) is 0 Å². The molecule has 0 aliphatic heterocycles. The van der Waals surface area contributed by atoms with E-state index in [0.29, 0.717) is 22.9 Å². The maximum Gasteiger partial charge on any atom is 0.175 e. The van der Waals surface area contributed by atoms with Gasteiger partial charge in [-0.3, -0.25) is 0 Å². The Morgan fingerprint density at radius 1 is 1.10 bits per heavy atom. The molecule has 0 fully saturated rings. The van der Waals surface area contributed by atoms with E-state index in [1.54, 1.807) is 30.3 Å².